The summed E-state index contributed by atoms with van der Waals surface area (Å²) in [5, 5.41) is 17.5. The summed E-state index contributed by atoms with van der Waals surface area (Å²) < 4.78 is 30.2. The van der Waals surface area contributed by atoms with E-state index in [1.54, 1.807) is 24.9 Å². The molecule has 12 heteroatoms. The Labute approximate surface area is 214 Å². The summed E-state index contributed by atoms with van der Waals surface area (Å²) in [6, 6.07) is 5.55. The number of imidazole rings is 1. The van der Waals surface area contributed by atoms with Crippen LogP contribution in [0.15, 0.2) is 28.8 Å². The largest absolute Gasteiger partial charge is 0.496 e. The quantitative estimate of drug-likeness (QED) is 0.325. The lowest BCUT2D eigenvalue weighted by molar-refractivity contribution is -0.0681. The standard InChI is InChI=1S/C24H24N4O6S2/c1-13-16(26-21(35-13)24(29)4-6-32-7-5-24)12-33-18-8-14(30-2)9-19-15(18)10-20(34-19)17-11-25-22-28(17)27-23(31-3)36-22/h8-11,29H,4-7,12H2,1-3H3. The third-order valence-corrected chi connectivity index (χ3v) is 8.37. The molecule has 1 fully saturated rings. The number of fused-ring (bicyclic) bond motifs is 2. The van der Waals surface area contributed by atoms with Gasteiger partial charge in [-0.1, -0.05) is 0 Å². The second-order valence-electron chi connectivity index (χ2n) is 8.51. The fraction of sp³-hybridized carbons (Fsp3) is 0.375. The van der Waals surface area contributed by atoms with Gasteiger partial charge in [0.1, 0.15) is 40.0 Å². The third kappa shape index (κ3) is 3.99. The van der Waals surface area contributed by atoms with Crippen LogP contribution in [-0.2, 0) is 16.9 Å². The number of benzene rings is 1. The normalized spacial score (nSPS) is 15.6. The molecular formula is C24H24N4O6S2. The van der Waals surface area contributed by atoms with E-state index in [0.29, 0.717) is 69.8 Å². The maximum atomic E-state index is 11.0. The first-order chi connectivity index (χ1) is 17.5. The van der Waals surface area contributed by atoms with Crippen LogP contribution in [0, 0.1) is 6.92 Å². The Hall–Kier alpha value is -3.19. The Balaban J connectivity index is 1.32. The number of ether oxygens (including phenoxy) is 4. The lowest BCUT2D eigenvalue weighted by Gasteiger charge is -2.29. The van der Waals surface area contributed by atoms with Crippen molar-refractivity contribution in [3.05, 3.63) is 40.0 Å². The minimum Gasteiger partial charge on any atom is -0.496 e. The smallest absolute Gasteiger partial charge is 0.294 e. The summed E-state index contributed by atoms with van der Waals surface area (Å²) in [6.07, 6.45) is 2.80. The summed E-state index contributed by atoms with van der Waals surface area (Å²) in [7, 11) is 3.17. The van der Waals surface area contributed by atoms with Gasteiger partial charge < -0.3 is 28.5 Å². The van der Waals surface area contributed by atoms with E-state index < -0.39 is 5.60 Å². The first kappa shape index (κ1) is 23.2. The highest BCUT2D eigenvalue weighted by Crippen LogP contribution is 2.39. The molecule has 0 amide bonds. The minimum atomic E-state index is -0.941. The van der Waals surface area contributed by atoms with Crippen molar-refractivity contribution in [2.45, 2.75) is 32.0 Å². The van der Waals surface area contributed by atoms with Crippen molar-refractivity contribution in [3.63, 3.8) is 0 Å². The molecule has 0 aliphatic carbocycles. The van der Waals surface area contributed by atoms with E-state index in [2.05, 4.69) is 10.1 Å². The highest BCUT2D eigenvalue weighted by atomic mass is 32.1. The van der Waals surface area contributed by atoms with Crippen LogP contribution >= 0.6 is 22.7 Å². The minimum absolute atomic E-state index is 0.248. The van der Waals surface area contributed by atoms with E-state index in [0.717, 1.165) is 16.0 Å². The third-order valence-electron chi connectivity index (χ3n) is 6.28. The highest BCUT2D eigenvalue weighted by molar-refractivity contribution is 7.18. The molecular weight excluding hydrogens is 504 g/mol. The SMILES string of the molecule is COc1cc(OCc2nc(C3(O)CCOCC3)sc2C)c2cc(-c3cnc4sc(OC)nn34)oc2c1. The second kappa shape index (κ2) is 9.04. The molecule has 0 spiro atoms. The van der Waals surface area contributed by atoms with Crippen molar-refractivity contribution in [1.29, 1.82) is 0 Å². The Morgan fingerprint density at radius 3 is 2.75 bits per heavy atom. The van der Waals surface area contributed by atoms with E-state index in [1.165, 1.54) is 22.7 Å². The van der Waals surface area contributed by atoms with Crippen molar-refractivity contribution >= 4 is 38.6 Å². The molecule has 0 atom stereocenters. The van der Waals surface area contributed by atoms with E-state index in [4.69, 9.17) is 28.3 Å². The molecule has 0 saturated carbocycles. The van der Waals surface area contributed by atoms with Gasteiger partial charge in [0.2, 0.25) is 4.96 Å². The maximum Gasteiger partial charge on any atom is 0.294 e. The highest BCUT2D eigenvalue weighted by Gasteiger charge is 2.35. The van der Waals surface area contributed by atoms with Gasteiger partial charge in [0.05, 0.1) is 31.5 Å². The fourth-order valence-electron chi connectivity index (χ4n) is 4.20. The number of aliphatic hydroxyl groups is 1. The summed E-state index contributed by atoms with van der Waals surface area (Å²) in [5.74, 6) is 1.81. The molecule has 4 aromatic heterocycles. The van der Waals surface area contributed by atoms with Crippen LogP contribution in [0.4, 0.5) is 0 Å². The van der Waals surface area contributed by atoms with Gasteiger partial charge in [-0.2, -0.15) is 4.52 Å². The topological polar surface area (TPSA) is 113 Å². The number of aryl methyl sites for hydroxylation is 1. The number of furan rings is 1. The molecule has 1 aliphatic heterocycles. The first-order valence-electron chi connectivity index (χ1n) is 11.4. The van der Waals surface area contributed by atoms with Crippen LogP contribution in [0.1, 0.15) is 28.4 Å². The molecule has 5 heterocycles. The average Bonchev–Trinajstić information content (AvgIpc) is 3.65. The summed E-state index contributed by atoms with van der Waals surface area (Å²) in [6.45, 7) is 3.30. The molecule has 1 aromatic carbocycles. The van der Waals surface area contributed by atoms with Crippen LogP contribution in [0.25, 0.3) is 27.4 Å². The van der Waals surface area contributed by atoms with Crippen molar-refractivity contribution in [1.82, 2.24) is 19.6 Å². The summed E-state index contributed by atoms with van der Waals surface area (Å²) in [4.78, 5) is 10.9. The predicted molar refractivity (Wildman–Crippen MR) is 134 cm³/mol. The maximum absolute atomic E-state index is 11.0. The molecule has 10 nitrogen and oxygen atoms in total. The van der Waals surface area contributed by atoms with Crippen molar-refractivity contribution < 1.29 is 28.5 Å². The number of nitrogens with zero attached hydrogens (tertiary/aromatic N) is 4. The molecule has 0 unspecified atom stereocenters. The number of rotatable bonds is 7. The molecule has 1 aliphatic rings. The number of hydrogen-bond acceptors (Lipinski definition) is 11. The zero-order valence-electron chi connectivity index (χ0n) is 19.9. The lowest BCUT2D eigenvalue weighted by atomic mass is 9.95. The Bertz CT molecular complexity index is 1550. The fourth-order valence-corrected chi connectivity index (χ4v) is 5.96. The monoisotopic (exact) mass is 528 g/mol. The van der Waals surface area contributed by atoms with Gasteiger partial charge in [0, 0.05) is 43.1 Å². The zero-order chi connectivity index (χ0) is 24.9. The molecule has 36 heavy (non-hydrogen) atoms. The van der Waals surface area contributed by atoms with Crippen LogP contribution in [0.2, 0.25) is 0 Å². The summed E-state index contributed by atoms with van der Waals surface area (Å²) >= 11 is 2.86. The van der Waals surface area contributed by atoms with Crippen molar-refractivity contribution in [2.24, 2.45) is 0 Å². The Kier molecular flexibility index (Phi) is 5.83. The molecule has 0 radical (unpaired) electrons. The number of hydrogen-bond donors (Lipinski definition) is 1. The second-order valence-corrected chi connectivity index (χ2v) is 10.6. The van der Waals surface area contributed by atoms with Gasteiger partial charge >= 0.3 is 0 Å². The first-order valence-corrected chi connectivity index (χ1v) is 13.0. The molecule has 6 rings (SSSR count). The van der Waals surface area contributed by atoms with E-state index in [9.17, 15) is 5.11 Å². The van der Waals surface area contributed by atoms with E-state index in [1.807, 2.05) is 25.1 Å². The van der Waals surface area contributed by atoms with Crippen LogP contribution < -0.4 is 14.2 Å². The predicted octanol–water partition coefficient (Wildman–Crippen LogP) is 4.56. The molecule has 5 aromatic rings. The van der Waals surface area contributed by atoms with Gasteiger partial charge in [0.25, 0.3) is 5.19 Å². The number of methoxy groups -OCH3 is 2. The summed E-state index contributed by atoms with van der Waals surface area (Å²) in [5.41, 5.74) is 1.17. The van der Waals surface area contributed by atoms with E-state index in [-0.39, 0.29) is 6.61 Å². The molecule has 1 N–H and O–H groups in total. The van der Waals surface area contributed by atoms with Gasteiger partial charge in [-0.15, -0.1) is 16.4 Å². The van der Waals surface area contributed by atoms with Crippen molar-refractivity contribution in [2.75, 3.05) is 27.4 Å². The van der Waals surface area contributed by atoms with Crippen LogP contribution in [0.5, 0.6) is 16.7 Å². The average molecular weight is 529 g/mol. The van der Waals surface area contributed by atoms with Crippen LogP contribution in [0.3, 0.4) is 0 Å². The molecule has 188 valence electrons. The number of aromatic nitrogens is 4. The molecule has 1 saturated heterocycles. The Morgan fingerprint density at radius 1 is 1.14 bits per heavy atom. The van der Waals surface area contributed by atoms with Gasteiger partial charge in [-0.3, -0.25) is 0 Å². The van der Waals surface area contributed by atoms with Crippen molar-refractivity contribution in [3.8, 4) is 28.1 Å². The van der Waals surface area contributed by atoms with Crippen LogP contribution in [-0.4, -0.2) is 52.1 Å². The number of thiazole rings is 1. The zero-order valence-corrected chi connectivity index (χ0v) is 21.6. The van der Waals surface area contributed by atoms with Gasteiger partial charge in [-0.25, -0.2) is 9.97 Å². The van der Waals surface area contributed by atoms with E-state index >= 15 is 0 Å². The Morgan fingerprint density at radius 2 is 1.97 bits per heavy atom. The van der Waals surface area contributed by atoms with Gasteiger partial charge in [0.15, 0.2) is 5.76 Å². The molecule has 0 bridgehead atoms. The van der Waals surface area contributed by atoms with Gasteiger partial charge in [-0.05, 0) is 24.3 Å². The lowest BCUT2D eigenvalue weighted by Crippen LogP contribution is -2.33.